The van der Waals surface area contributed by atoms with Crippen LogP contribution in [0.5, 0.6) is 0 Å². The Balaban J connectivity index is 2.05. The number of nitrogens with zero attached hydrogens (tertiary/aromatic N) is 3. The highest BCUT2D eigenvalue weighted by molar-refractivity contribution is 4.99. The van der Waals surface area contributed by atoms with Crippen molar-refractivity contribution in [3.05, 3.63) is 12.2 Å². The third kappa shape index (κ3) is 2.37. The van der Waals surface area contributed by atoms with E-state index in [9.17, 15) is 0 Å². The summed E-state index contributed by atoms with van der Waals surface area (Å²) in [6.45, 7) is 3.21. The minimum atomic E-state index is 0.406. The van der Waals surface area contributed by atoms with Crippen LogP contribution >= 0.6 is 0 Å². The number of aryl methyl sites for hydroxylation is 1. The van der Waals surface area contributed by atoms with Crippen molar-refractivity contribution >= 4 is 0 Å². The number of nitrogens with two attached hydrogens (primary N) is 1. The van der Waals surface area contributed by atoms with E-state index in [1.54, 1.807) is 0 Å². The van der Waals surface area contributed by atoms with Crippen LogP contribution in [-0.2, 0) is 6.54 Å². The van der Waals surface area contributed by atoms with Crippen LogP contribution in [0.4, 0.5) is 0 Å². The lowest BCUT2D eigenvalue weighted by molar-refractivity contribution is 0.375. The van der Waals surface area contributed by atoms with Gasteiger partial charge >= 0.3 is 0 Å². The molecule has 1 heterocycles. The van der Waals surface area contributed by atoms with Crippen molar-refractivity contribution in [2.24, 2.45) is 5.73 Å². The summed E-state index contributed by atoms with van der Waals surface area (Å²) >= 11 is 0. The van der Waals surface area contributed by atoms with E-state index in [4.69, 9.17) is 5.73 Å². The summed E-state index contributed by atoms with van der Waals surface area (Å²) in [7, 11) is 0. The van der Waals surface area contributed by atoms with Crippen LogP contribution in [0.1, 0.15) is 50.8 Å². The molecule has 0 unspecified atom stereocenters. The zero-order valence-electron chi connectivity index (χ0n) is 9.39. The minimum Gasteiger partial charge on any atom is -0.328 e. The predicted octanol–water partition coefficient (Wildman–Crippen LogP) is 1.67. The first kappa shape index (κ1) is 10.6. The third-order valence-corrected chi connectivity index (χ3v) is 3.25. The first-order valence-electron chi connectivity index (χ1n) is 5.94. The van der Waals surface area contributed by atoms with Gasteiger partial charge in [0.05, 0.1) is 0 Å². The fourth-order valence-electron chi connectivity index (χ4n) is 2.37. The lowest BCUT2D eigenvalue weighted by Gasteiger charge is -2.25. The molecule has 0 amide bonds. The van der Waals surface area contributed by atoms with Crippen molar-refractivity contribution in [1.29, 1.82) is 0 Å². The zero-order valence-corrected chi connectivity index (χ0v) is 9.39. The van der Waals surface area contributed by atoms with E-state index in [0.717, 1.165) is 25.8 Å². The summed E-state index contributed by atoms with van der Waals surface area (Å²) in [5, 5.41) is 8.27. The van der Waals surface area contributed by atoms with Crippen molar-refractivity contribution in [2.45, 2.75) is 57.5 Å². The first-order valence-corrected chi connectivity index (χ1v) is 5.94. The summed E-state index contributed by atoms with van der Waals surface area (Å²) in [5.41, 5.74) is 5.90. The monoisotopic (exact) mass is 208 g/mol. The topological polar surface area (TPSA) is 56.7 Å². The normalized spacial score (nSPS) is 26.8. The fraction of sp³-hybridized carbons (Fsp3) is 0.818. The summed E-state index contributed by atoms with van der Waals surface area (Å²) in [5.74, 6) is 1.75. The van der Waals surface area contributed by atoms with E-state index in [-0.39, 0.29) is 0 Å². The second kappa shape index (κ2) is 4.75. The quantitative estimate of drug-likeness (QED) is 0.822. The molecule has 0 saturated heterocycles. The summed E-state index contributed by atoms with van der Waals surface area (Å²) < 4.78 is 2.20. The second-order valence-electron chi connectivity index (χ2n) is 4.49. The number of aromatic nitrogens is 3. The molecule has 1 aromatic rings. The highest BCUT2D eigenvalue weighted by atomic mass is 15.3. The van der Waals surface area contributed by atoms with Gasteiger partial charge in [-0.2, -0.15) is 0 Å². The molecule has 4 nitrogen and oxygen atoms in total. The van der Waals surface area contributed by atoms with E-state index in [0.29, 0.717) is 12.0 Å². The smallest absolute Gasteiger partial charge is 0.135 e. The van der Waals surface area contributed by atoms with Gasteiger partial charge in [0.2, 0.25) is 0 Å². The molecule has 1 aromatic heterocycles. The molecule has 1 fully saturated rings. The van der Waals surface area contributed by atoms with E-state index in [1.165, 1.54) is 18.7 Å². The van der Waals surface area contributed by atoms with Crippen LogP contribution in [0.3, 0.4) is 0 Å². The van der Waals surface area contributed by atoms with Crippen molar-refractivity contribution in [2.75, 3.05) is 0 Å². The van der Waals surface area contributed by atoms with Gasteiger partial charge < -0.3 is 10.3 Å². The Kier molecular flexibility index (Phi) is 3.36. The molecule has 4 heteroatoms. The van der Waals surface area contributed by atoms with Gasteiger partial charge in [0, 0.05) is 18.5 Å². The van der Waals surface area contributed by atoms with Gasteiger partial charge in [0.15, 0.2) is 0 Å². The molecule has 0 radical (unpaired) electrons. The predicted molar refractivity (Wildman–Crippen MR) is 59.5 cm³/mol. The highest BCUT2D eigenvalue weighted by Crippen LogP contribution is 2.30. The second-order valence-corrected chi connectivity index (χ2v) is 4.49. The molecule has 84 valence electrons. The molecule has 0 aliphatic heterocycles. The Morgan fingerprint density at radius 3 is 2.80 bits per heavy atom. The Morgan fingerprint density at radius 1 is 1.40 bits per heavy atom. The molecule has 0 spiro atoms. The van der Waals surface area contributed by atoms with E-state index >= 15 is 0 Å². The van der Waals surface area contributed by atoms with Crippen LogP contribution < -0.4 is 5.73 Å². The zero-order chi connectivity index (χ0) is 10.7. The third-order valence-electron chi connectivity index (χ3n) is 3.25. The van der Waals surface area contributed by atoms with Crippen molar-refractivity contribution < 1.29 is 0 Å². The maximum Gasteiger partial charge on any atom is 0.135 e. The SMILES string of the molecule is CCCn1cnnc1[C@H]1CC[C@H](N)CC1. The number of hydrogen-bond donors (Lipinski definition) is 1. The van der Waals surface area contributed by atoms with E-state index < -0.39 is 0 Å². The highest BCUT2D eigenvalue weighted by Gasteiger charge is 2.23. The standard InChI is InChI=1S/C11H20N4/c1-2-7-15-8-13-14-11(15)9-3-5-10(12)6-4-9/h8-10H,2-7,12H2,1H3/t9-,10-. The van der Waals surface area contributed by atoms with E-state index in [1.807, 2.05) is 6.33 Å². The van der Waals surface area contributed by atoms with Gasteiger partial charge in [0.1, 0.15) is 12.2 Å². The van der Waals surface area contributed by atoms with Crippen molar-refractivity contribution in [3.63, 3.8) is 0 Å². The van der Waals surface area contributed by atoms with Gasteiger partial charge in [-0.05, 0) is 32.1 Å². The van der Waals surface area contributed by atoms with Crippen LogP contribution in [0.15, 0.2) is 6.33 Å². The lowest BCUT2D eigenvalue weighted by atomic mass is 9.86. The molecule has 1 saturated carbocycles. The summed E-state index contributed by atoms with van der Waals surface area (Å²) in [6.07, 6.45) is 7.59. The Hall–Kier alpha value is -0.900. The van der Waals surface area contributed by atoms with Crippen LogP contribution in [-0.4, -0.2) is 20.8 Å². The first-order chi connectivity index (χ1) is 7.31. The van der Waals surface area contributed by atoms with Crippen molar-refractivity contribution in [3.8, 4) is 0 Å². The number of rotatable bonds is 3. The minimum absolute atomic E-state index is 0.406. The van der Waals surface area contributed by atoms with E-state index in [2.05, 4.69) is 21.7 Å². The average molecular weight is 208 g/mol. The Morgan fingerprint density at radius 2 is 2.13 bits per heavy atom. The average Bonchev–Trinajstić information content (AvgIpc) is 2.68. The van der Waals surface area contributed by atoms with Gasteiger partial charge in [-0.3, -0.25) is 0 Å². The molecule has 1 aliphatic rings. The summed E-state index contributed by atoms with van der Waals surface area (Å²) in [4.78, 5) is 0. The van der Waals surface area contributed by atoms with Crippen LogP contribution in [0.25, 0.3) is 0 Å². The lowest BCUT2D eigenvalue weighted by Crippen LogP contribution is -2.26. The van der Waals surface area contributed by atoms with Crippen LogP contribution in [0.2, 0.25) is 0 Å². The largest absolute Gasteiger partial charge is 0.328 e. The van der Waals surface area contributed by atoms with Gasteiger partial charge in [-0.1, -0.05) is 6.92 Å². The molecule has 0 atom stereocenters. The number of hydrogen-bond acceptors (Lipinski definition) is 3. The molecule has 1 aliphatic carbocycles. The maximum absolute atomic E-state index is 5.90. The molecular formula is C11H20N4. The van der Waals surface area contributed by atoms with Gasteiger partial charge in [-0.15, -0.1) is 10.2 Å². The molecule has 0 aromatic carbocycles. The van der Waals surface area contributed by atoms with Gasteiger partial charge in [0.25, 0.3) is 0 Å². The molecule has 2 N–H and O–H groups in total. The summed E-state index contributed by atoms with van der Waals surface area (Å²) in [6, 6.07) is 0.406. The Labute approximate surface area is 90.9 Å². The fourth-order valence-corrected chi connectivity index (χ4v) is 2.37. The van der Waals surface area contributed by atoms with Crippen molar-refractivity contribution in [1.82, 2.24) is 14.8 Å². The van der Waals surface area contributed by atoms with Crippen LogP contribution in [0, 0.1) is 0 Å². The maximum atomic E-state index is 5.90. The molecule has 2 rings (SSSR count). The molecular weight excluding hydrogens is 188 g/mol. The van der Waals surface area contributed by atoms with Gasteiger partial charge in [-0.25, -0.2) is 0 Å². The Bertz CT molecular complexity index is 299. The molecule has 15 heavy (non-hydrogen) atoms. The molecule has 0 bridgehead atoms.